The number of carbonyl (C=O) groups excluding carboxylic acids is 2. The highest BCUT2D eigenvalue weighted by molar-refractivity contribution is 5.95. The van der Waals surface area contributed by atoms with Crippen LogP contribution in [0.5, 0.6) is 5.75 Å². The third kappa shape index (κ3) is 4.34. The molecule has 22 heavy (non-hydrogen) atoms. The van der Waals surface area contributed by atoms with Gasteiger partial charge in [0.05, 0.1) is 0 Å². The van der Waals surface area contributed by atoms with Gasteiger partial charge in [-0.25, -0.2) is 0 Å². The molecule has 0 saturated heterocycles. The fourth-order valence-electron chi connectivity index (χ4n) is 1.99. The van der Waals surface area contributed by atoms with Gasteiger partial charge >= 0.3 is 0 Å². The normalized spacial score (nSPS) is 10.0. The Hall–Kier alpha value is -2.82. The molecule has 2 rings (SSSR count). The monoisotopic (exact) mass is 298 g/mol. The van der Waals surface area contributed by atoms with E-state index in [0.717, 1.165) is 5.56 Å². The highest BCUT2D eigenvalue weighted by atomic mass is 16.3. The Morgan fingerprint density at radius 3 is 2.00 bits per heavy atom. The van der Waals surface area contributed by atoms with Gasteiger partial charge in [-0.2, -0.15) is 0 Å². The molecule has 0 fully saturated rings. The Balaban J connectivity index is 1.77. The molecule has 2 aromatic carbocycles. The summed E-state index contributed by atoms with van der Waals surface area (Å²) < 4.78 is 0. The Morgan fingerprint density at radius 1 is 0.909 bits per heavy atom. The van der Waals surface area contributed by atoms with Crippen LogP contribution in [0.3, 0.4) is 0 Å². The average Bonchev–Trinajstić information content (AvgIpc) is 2.51. The summed E-state index contributed by atoms with van der Waals surface area (Å²) in [6.45, 7) is 2.57. The summed E-state index contributed by atoms with van der Waals surface area (Å²) in [6, 6.07) is 13.4. The molecular formula is C17H18N2O3. The van der Waals surface area contributed by atoms with Gasteiger partial charge in [0, 0.05) is 24.2 Å². The molecule has 114 valence electrons. The molecule has 0 aliphatic heterocycles. The summed E-state index contributed by atoms with van der Waals surface area (Å²) in [5, 5.41) is 14.7. The number of aromatic hydroxyl groups is 1. The number of phenols is 1. The predicted octanol–water partition coefficient (Wildman–Crippen LogP) is 1.86. The smallest absolute Gasteiger partial charge is 0.251 e. The lowest BCUT2D eigenvalue weighted by molar-refractivity contribution is 0.0927. The Kier molecular flexibility index (Phi) is 5.14. The van der Waals surface area contributed by atoms with Crippen LogP contribution in [0.2, 0.25) is 0 Å². The van der Waals surface area contributed by atoms with E-state index in [1.807, 2.05) is 19.1 Å². The molecule has 3 N–H and O–H groups in total. The van der Waals surface area contributed by atoms with Crippen molar-refractivity contribution in [2.24, 2.45) is 0 Å². The van der Waals surface area contributed by atoms with Crippen LogP contribution in [0, 0.1) is 6.92 Å². The molecule has 0 unspecified atom stereocenters. The molecule has 0 aliphatic rings. The second kappa shape index (κ2) is 7.26. The van der Waals surface area contributed by atoms with Crippen molar-refractivity contribution < 1.29 is 14.7 Å². The average molecular weight is 298 g/mol. The molecule has 0 aliphatic carbocycles. The third-order valence-electron chi connectivity index (χ3n) is 3.08. The number of phenolic OH excluding ortho intramolecular Hbond substituents is 1. The van der Waals surface area contributed by atoms with Crippen LogP contribution in [0.1, 0.15) is 26.3 Å². The molecule has 0 atom stereocenters. The first-order valence-electron chi connectivity index (χ1n) is 6.98. The summed E-state index contributed by atoms with van der Waals surface area (Å²) >= 11 is 0. The molecule has 0 bridgehead atoms. The van der Waals surface area contributed by atoms with Crippen LogP contribution in [0.15, 0.2) is 48.5 Å². The lowest BCUT2D eigenvalue weighted by atomic mass is 10.1. The molecule has 5 heteroatoms. The lowest BCUT2D eigenvalue weighted by Gasteiger charge is -2.08. The number of benzene rings is 2. The van der Waals surface area contributed by atoms with E-state index in [-0.39, 0.29) is 17.6 Å². The minimum Gasteiger partial charge on any atom is -0.508 e. The summed E-state index contributed by atoms with van der Waals surface area (Å²) in [4.78, 5) is 23.7. The SMILES string of the molecule is Cc1cccc(C(=O)NCCNC(=O)c2cccc(O)c2)c1. The number of rotatable bonds is 5. The van der Waals surface area contributed by atoms with Crippen LogP contribution >= 0.6 is 0 Å². The van der Waals surface area contributed by atoms with E-state index >= 15 is 0 Å². The summed E-state index contributed by atoms with van der Waals surface area (Å²) in [6.07, 6.45) is 0. The van der Waals surface area contributed by atoms with Crippen molar-refractivity contribution in [1.29, 1.82) is 0 Å². The zero-order valence-corrected chi connectivity index (χ0v) is 12.3. The second-order valence-corrected chi connectivity index (χ2v) is 4.93. The van der Waals surface area contributed by atoms with Gasteiger partial charge in [-0.15, -0.1) is 0 Å². The molecule has 5 nitrogen and oxygen atoms in total. The molecule has 0 spiro atoms. The van der Waals surface area contributed by atoms with Crippen molar-refractivity contribution in [2.45, 2.75) is 6.92 Å². The summed E-state index contributed by atoms with van der Waals surface area (Å²) in [5.74, 6) is -0.420. The summed E-state index contributed by atoms with van der Waals surface area (Å²) in [7, 11) is 0. The molecule has 0 heterocycles. The fourth-order valence-corrected chi connectivity index (χ4v) is 1.99. The fraction of sp³-hybridized carbons (Fsp3) is 0.176. The Morgan fingerprint density at radius 2 is 1.45 bits per heavy atom. The van der Waals surface area contributed by atoms with Crippen LogP contribution in [-0.4, -0.2) is 30.0 Å². The summed E-state index contributed by atoms with van der Waals surface area (Å²) in [5.41, 5.74) is 1.99. The first kappa shape index (κ1) is 15.6. The maximum Gasteiger partial charge on any atom is 0.251 e. The van der Waals surface area contributed by atoms with Gasteiger partial charge in [-0.3, -0.25) is 9.59 Å². The van der Waals surface area contributed by atoms with E-state index in [4.69, 9.17) is 0 Å². The molecule has 0 saturated carbocycles. The third-order valence-corrected chi connectivity index (χ3v) is 3.08. The molecule has 2 aromatic rings. The number of amides is 2. The van der Waals surface area contributed by atoms with Crippen molar-refractivity contribution in [3.63, 3.8) is 0 Å². The maximum absolute atomic E-state index is 11.9. The van der Waals surface area contributed by atoms with E-state index in [1.54, 1.807) is 24.3 Å². The Bertz CT molecular complexity index is 624. The van der Waals surface area contributed by atoms with Crippen LogP contribution in [0.4, 0.5) is 0 Å². The van der Waals surface area contributed by atoms with Gasteiger partial charge in [-0.05, 0) is 37.3 Å². The largest absolute Gasteiger partial charge is 0.508 e. The highest BCUT2D eigenvalue weighted by Gasteiger charge is 2.07. The predicted molar refractivity (Wildman–Crippen MR) is 84.0 cm³/mol. The van der Waals surface area contributed by atoms with E-state index in [0.29, 0.717) is 24.2 Å². The number of aryl methyl sites for hydroxylation is 1. The first-order valence-corrected chi connectivity index (χ1v) is 6.98. The van der Waals surface area contributed by atoms with Crippen molar-refractivity contribution in [2.75, 3.05) is 13.1 Å². The number of nitrogens with one attached hydrogen (secondary N) is 2. The van der Waals surface area contributed by atoms with Crippen molar-refractivity contribution in [1.82, 2.24) is 10.6 Å². The van der Waals surface area contributed by atoms with Crippen LogP contribution < -0.4 is 10.6 Å². The molecule has 0 radical (unpaired) electrons. The maximum atomic E-state index is 11.9. The van der Waals surface area contributed by atoms with E-state index in [1.165, 1.54) is 12.1 Å². The van der Waals surface area contributed by atoms with Gasteiger partial charge in [-0.1, -0.05) is 23.8 Å². The van der Waals surface area contributed by atoms with Crippen molar-refractivity contribution >= 4 is 11.8 Å². The zero-order valence-electron chi connectivity index (χ0n) is 12.3. The second-order valence-electron chi connectivity index (χ2n) is 4.93. The van der Waals surface area contributed by atoms with Gasteiger partial charge in [0.15, 0.2) is 0 Å². The van der Waals surface area contributed by atoms with Crippen LogP contribution in [0.25, 0.3) is 0 Å². The van der Waals surface area contributed by atoms with Gasteiger partial charge in [0.2, 0.25) is 0 Å². The van der Waals surface area contributed by atoms with Crippen LogP contribution in [-0.2, 0) is 0 Å². The minimum absolute atomic E-state index is 0.0420. The van der Waals surface area contributed by atoms with Crippen molar-refractivity contribution in [3.05, 3.63) is 65.2 Å². The van der Waals surface area contributed by atoms with E-state index < -0.39 is 0 Å². The Labute approximate surface area is 129 Å². The van der Waals surface area contributed by atoms with E-state index in [9.17, 15) is 14.7 Å². The minimum atomic E-state index is -0.291. The van der Waals surface area contributed by atoms with Gasteiger partial charge in [0.1, 0.15) is 5.75 Å². The quantitative estimate of drug-likeness (QED) is 0.737. The van der Waals surface area contributed by atoms with Crippen molar-refractivity contribution in [3.8, 4) is 5.75 Å². The molecule has 2 amide bonds. The topological polar surface area (TPSA) is 78.4 Å². The van der Waals surface area contributed by atoms with Gasteiger partial charge in [0.25, 0.3) is 11.8 Å². The molecular weight excluding hydrogens is 280 g/mol. The number of hydrogen-bond donors (Lipinski definition) is 3. The lowest BCUT2D eigenvalue weighted by Crippen LogP contribution is -2.34. The highest BCUT2D eigenvalue weighted by Crippen LogP contribution is 2.10. The standard InChI is InChI=1S/C17H18N2O3/c1-12-4-2-5-13(10-12)16(21)18-8-9-19-17(22)14-6-3-7-15(20)11-14/h2-7,10-11,20H,8-9H2,1H3,(H,18,21)(H,19,22). The first-order chi connectivity index (χ1) is 10.6. The van der Waals surface area contributed by atoms with E-state index in [2.05, 4.69) is 10.6 Å². The molecule has 0 aromatic heterocycles. The zero-order chi connectivity index (χ0) is 15.9. The number of hydrogen-bond acceptors (Lipinski definition) is 3. The van der Waals surface area contributed by atoms with Gasteiger partial charge < -0.3 is 15.7 Å². The number of carbonyl (C=O) groups is 2.